The SMILES string of the molecule is CNC(CCc1ccncc1)c1ccc(C)c(C)c1. The van der Waals surface area contributed by atoms with Crippen molar-refractivity contribution in [3.63, 3.8) is 0 Å². The minimum Gasteiger partial charge on any atom is -0.313 e. The van der Waals surface area contributed by atoms with Gasteiger partial charge in [-0.2, -0.15) is 0 Å². The molecule has 1 N–H and O–H groups in total. The summed E-state index contributed by atoms with van der Waals surface area (Å²) in [4.78, 5) is 4.06. The van der Waals surface area contributed by atoms with E-state index >= 15 is 0 Å². The van der Waals surface area contributed by atoms with Gasteiger partial charge >= 0.3 is 0 Å². The summed E-state index contributed by atoms with van der Waals surface area (Å²) in [6, 6.07) is 11.3. The Morgan fingerprint density at radius 1 is 1.05 bits per heavy atom. The van der Waals surface area contributed by atoms with Gasteiger partial charge in [0.2, 0.25) is 0 Å². The Hall–Kier alpha value is -1.67. The number of hydrogen-bond acceptors (Lipinski definition) is 2. The molecule has 0 spiro atoms. The molecule has 2 aromatic rings. The molecule has 2 nitrogen and oxygen atoms in total. The van der Waals surface area contributed by atoms with Gasteiger partial charge in [-0.15, -0.1) is 0 Å². The molecular formula is C17H22N2. The second-order valence-corrected chi connectivity index (χ2v) is 5.08. The minimum absolute atomic E-state index is 0.410. The van der Waals surface area contributed by atoms with Crippen molar-refractivity contribution in [2.45, 2.75) is 32.7 Å². The second kappa shape index (κ2) is 6.48. The molecule has 0 fully saturated rings. The van der Waals surface area contributed by atoms with Crippen LogP contribution in [0.15, 0.2) is 42.7 Å². The van der Waals surface area contributed by atoms with Gasteiger partial charge in [0.25, 0.3) is 0 Å². The monoisotopic (exact) mass is 254 g/mol. The molecule has 2 heteroatoms. The molecule has 0 aliphatic carbocycles. The fourth-order valence-electron chi connectivity index (χ4n) is 2.32. The van der Waals surface area contributed by atoms with Crippen molar-refractivity contribution in [1.29, 1.82) is 0 Å². The smallest absolute Gasteiger partial charge is 0.0320 e. The molecule has 100 valence electrons. The predicted molar refractivity (Wildman–Crippen MR) is 80.3 cm³/mol. The van der Waals surface area contributed by atoms with Crippen molar-refractivity contribution in [3.05, 3.63) is 65.0 Å². The summed E-state index contributed by atoms with van der Waals surface area (Å²) < 4.78 is 0. The Morgan fingerprint density at radius 2 is 1.79 bits per heavy atom. The number of nitrogens with one attached hydrogen (secondary N) is 1. The van der Waals surface area contributed by atoms with Crippen molar-refractivity contribution in [2.75, 3.05) is 7.05 Å². The van der Waals surface area contributed by atoms with Crippen LogP contribution in [0.25, 0.3) is 0 Å². The van der Waals surface area contributed by atoms with Crippen LogP contribution in [0, 0.1) is 13.8 Å². The van der Waals surface area contributed by atoms with Crippen molar-refractivity contribution >= 4 is 0 Å². The molecule has 0 amide bonds. The number of aromatic nitrogens is 1. The Balaban J connectivity index is 2.05. The first-order chi connectivity index (χ1) is 9.20. The van der Waals surface area contributed by atoms with Crippen molar-refractivity contribution in [3.8, 4) is 0 Å². The van der Waals surface area contributed by atoms with E-state index in [-0.39, 0.29) is 0 Å². The first kappa shape index (κ1) is 13.8. The minimum atomic E-state index is 0.410. The maximum absolute atomic E-state index is 4.06. The van der Waals surface area contributed by atoms with Crippen LogP contribution in [0.5, 0.6) is 0 Å². The van der Waals surface area contributed by atoms with E-state index < -0.39 is 0 Å². The Morgan fingerprint density at radius 3 is 2.42 bits per heavy atom. The van der Waals surface area contributed by atoms with E-state index in [2.05, 4.69) is 54.5 Å². The zero-order valence-corrected chi connectivity index (χ0v) is 12.0. The number of nitrogens with zero attached hydrogens (tertiary/aromatic N) is 1. The Bertz CT molecular complexity index is 520. The lowest BCUT2D eigenvalue weighted by molar-refractivity contribution is 0.549. The third kappa shape index (κ3) is 3.65. The number of aryl methyl sites for hydroxylation is 3. The highest BCUT2D eigenvalue weighted by Crippen LogP contribution is 2.21. The summed E-state index contributed by atoms with van der Waals surface area (Å²) >= 11 is 0. The molecule has 1 aromatic heterocycles. The summed E-state index contributed by atoms with van der Waals surface area (Å²) in [5, 5.41) is 3.42. The number of rotatable bonds is 5. The molecule has 1 unspecified atom stereocenters. The molecule has 2 rings (SSSR count). The lowest BCUT2D eigenvalue weighted by Crippen LogP contribution is -2.17. The van der Waals surface area contributed by atoms with Crippen LogP contribution in [-0.4, -0.2) is 12.0 Å². The lowest BCUT2D eigenvalue weighted by Gasteiger charge is -2.18. The summed E-state index contributed by atoms with van der Waals surface area (Å²) in [6.45, 7) is 4.33. The second-order valence-electron chi connectivity index (χ2n) is 5.08. The predicted octanol–water partition coefficient (Wildman–Crippen LogP) is 3.59. The molecule has 0 aliphatic heterocycles. The van der Waals surface area contributed by atoms with Crippen LogP contribution in [-0.2, 0) is 6.42 Å². The maximum Gasteiger partial charge on any atom is 0.0320 e. The maximum atomic E-state index is 4.06. The normalized spacial score (nSPS) is 12.4. The highest BCUT2D eigenvalue weighted by molar-refractivity contribution is 5.31. The van der Waals surface area contributed by atoms with Gasteiger partial charge in [-0.05, 0) is 68.1 Å². The van der Waals surface area contributed by atoms with Gasteiger partial charge in [0.15, 0.2) is 0 Å². The molecule has 0 saturated heterocycles. The van der Waals surface area contributed by atoms with E-state index in [9.17, 15) is 0 Å². The van der Waals surface area contributed by atoms with Crippen molar-refractivity contribution in [1.82, 2.24) is 10.3 Å². The highest BCUT2D eigenvalue weighted by Gasteiger charge is 2.10. The molecule has 1 aromatic carbocycles. The largest absolute Gasteiger partial charge is 0.313 e. The molecule has 1 heterocycles. The lowest BCUT2D eigenvalue weighted by atomic mass is 9.96. The summed E-state index contributed by atoms with van der Waals surface area (Å²) in [6.07, 6.45) is 5.89. The quantitative estimate of drug-likeness (QED) is 0.882. The topological polar surface area (TPSA) is 24.9 Å². The third-order valence-electron chi connectivity index (χ3n) is 3.75. The Labute approximate surface area is 115 Å². The average molecular weight is 254 g/mol. The van der Waals surface area contributed by atoms with Gasteiger partial charge in [-0.1, -0.05) is 18.2 Å². The van der Waals surface area contributed by atoms with Crippen LogP contribution in [0.3, 0.4) is 0 Å². The number of hydrogen-bond donors (Lipinski definition) is 1. The van der Waals surface area contributed by atoms with Crippen molar-refractivity contribution in [2.24, 2.45) is 0 Å². The van der Waals surface area contributed by atoms with E-state index in [1.54, 1.807) is 0 Å². The van der Waals surface area contributed by atoms with Gasteiger partial charge in [0, 0.05) is 18.4 Å². The molecule has 0 saturated carbocycles. The van der Waals surface area contributed by atoms with Crippen LogP contribution in [0.4, 0.5) is 0 Å². The zero-order chi connectivity index (χ0) is 13.7. The van der Waals surface area contributed by atoms with E-state index in [1.807, 2.05) is 19.4 Å². The van der Waals surface area contributed by atoms with Crippen molar-refractivity contribution < 1.29 is 0 Å². The summed E-state index contributed by atoms with van der Waals surface area (Å²) in [7, 11) is 2.03. The van der Waals surface area contributed by atoms with Gasteiger partial charge in [0.05, 0.1) is 0 Å². The number of benzene rings is 1. The fraction of sp³-hybridized carbons (Fsp3) is 0.353. The van der Waals surface area contributed by atoms with Gasteiger partial charge < -0.3 is 5.32 Å². The average Bonchev–Trinajstić information content (AvgIpc) is 2.44. The van der Waals surface area contributed by atoms with E-state index in [0.717, 1.165) is 12.8 Å². The van der Waals surface area contributed by atoms with E-state index in [0.29, 0.717) is 6.04 Å². The Kier molecular flexibility index (Phi) is 4.69. The highest BCUT2D eigenvalue weighted by atomic mass is 14.9. The first-order valence-electron chi connectivity index (χ1n) is 6.84. The summed E-state index contributed by atoms with van der Waals surface area (Å²) in [5.41, 5.74) is 5.44. The number of pyridine rings is 1. The molecular weight excluding hydrogens is 232 g/mol. The fourth-order valence-corrected chi connectivity index (χ4v) is 2.32. The zero-order valence-electron chi connectivity index (χ0n) is 12.0. The standard InChI is InChI=1S/C17H22N2/c1-13-4-6-16(12-14(13)2)17(18-3)7-5-15-8-10-19-11-9-15/h4,6,8-12,17-18H,5,7H2,1-3H3. The summed E-state index contributed by atoms with van der Waals surface area (Å²) in [5.74, 6) is 0. The van der Waals surface area contributed by atoms with Gasteiger partial charge in [0.1, 0.15) is 0 Å². The van der Waals surface area contributed by atoms with Crippen LogP contribution in [0.1, 0.15) is 34.7 Å². The van der Waals surface area contributed by atoms with E-state index in [4.69, 9.17) is 0 Å². The molecule has 0 radical (unpaired) electrons. The van der Waals surface area contributed by atoms with Gasteiger partial charge in [-0.3, -0.25) is 4.98 Å². The third-order valence-corrected chi connectivity index (χ3v) is 3.75. The molecule has 0 bridgehead atoms. The van der Waals surface area contributed by atoms with Gasteiger partial charge in [-0.25, -0.2) is 0 Å². The van der Waals surface area contributed by atoms with E-state index in [1.165, 1.54) is 22.3 Å². The van der Waals surface area contributed by atoms with Crippen LogP contribution < -0.4 is 5.32 Å². The first-order valence-corrected chi connectivity index (χ1v) is 6.84. The van der Waals surface area contributed by atoms with Crippen LogP contribution >= 0.6 is 0 Å². The van der Waals surface area contributed by atoms with Crippen LogP contribution in [0.2, 0.25) is 0 Å². The molecule has 1 atom stereocenters. The molecule has 0 aliphatic rings. The molecule has 19 heavy (non-hydrogen) atoms.